The largest absolute Gasteiger partial charge is 0.480 e. The summed E-state index contributed by atoms with van der Waals surface area (Å²) in [5.74, 6) is -13.6. The number of carboxylic acids is 5. The van der Waals surface area contributed by atoms with E-state index >= 15 is 0 Å². The number of hydrogen-bond donors (Lipinski definition) is 17. The molecule has 0 aromatic heterocycles. The number of nitrogens with zero attached hydrogens (tertiary/aromatic N) is 2. The summed E-state index contributed by atoms with van der Waals surface area (Å²) in [6.07, 6.45) is -30.5. The smallest absolute Gasteiger partial charge is 0.364 e. The number of rotatable bonds is 23. The zero-order valence-corrected chi connectivity index (χ0v) is 36.1. The highest BCUT2D eigenvalue weighted by molar-refractivity contribution is 5.98. The van der Waals surface area contributed by atoms with Crippen molar-refractivity contribution in [2.75, 3.05) is 55.8 Å². The SMILES string of the molecule is CC(=O)N[C@H]1[C@H]([C@H](O)[C@H](O)CO)O[C@@](O[C@H]2[C@@H](O)[C@@H](CO)O[C@@H](O[C@H]3[C@H](O)[C@@H](O)[C@H](NC(=O)c4ccc(N(CC(=O)O)CC(=O)O)c(N(CC(=O)O)CC(=O)O)c4)O[C@@H]3CO)[C@@H]2O)(C(=O)O)C[C@@H]1O. The Balaban J connectivity index is 1.62. The molecule has 3 fully saturated rings. The van der Waals surface area contributed by atoms with Gasteiger partial charge in [-0.05, 0) is 18.2 Å². The average Bonchev–Trinajstić information content (AvgIpc) is 3.27. The van der Waals surface area contributed by atoms with Crippen molar-refractivity contribution in [1.82, 2.24) is 10.6 Å². The normalized spacial score (nSPS) is 32.2. The van der Waals surface area contributed by atoms with Crippen LogP contribution in [-0.4, -0.2) is 262 Å². The molecule has 0 saturated carbocycles. The van der Waals surface area contributed by atoms with E-state index in [1.165, 1.54) is 0 Å². The monoisotopic (exact) mass is 998 g/mol. The molecule has 1 aromatic rings. The Kier molecular flexibility index (Phi) is 19.4. The van der Waals surface area contributed by atoms with Crippen molar-refractivity contribution < 1.29 is 134 Å². The van der Waals surface area contributed by atoms with E-state index in [-0.39, 0.29) is 5.69 Å². The maximum atomic E-state index is 13.7. The second-order valence-electron chi connectivity index (χ2n) is 16.0. The maximum Gasteiger partial charge on any atom is 0.364 e. The molecular formula is C38H54N4O27. The highest BCUT2D eigenvalue weighted by Gasteiger charge is 2.60. The van der Waals surface area contributed by atoms with E-state index in [0.717, 1.165) is 30.0 Å². The van der Waals surface area contributed by atoms with Crippen molar-refractivity contribution in [2.24, 2.45) is 0 Å². The minimum absolute atomic E-state index is 0.335. The van der Waals surface area contributed by atoms with Gasteiger partial charge in [0.1, 0.15) is 93.3 Å². The number of carbonyl (C=O) groups is 7. The van der Waals surface area contributed by atoms with Gasteiger partial charge in [-0.15, -0.1) is 0 Å². The van der Waals surface area contributed by atoms with Crippen LogP contribution in [0.25, 0.3) is 0 Å². The molecule has 0 spiro atoms. The lowest BCUT2D eigenvalue weighted by Gasteiger charge is -2.50. The molecule has 69 heavy (non-hydrogen) atoms. The van der Waals surface area contributed by atoms with Crippen LogP contribution in [0.4, 0.5) is 11.4 Å². The quantitative estimate of drug-likeness (QED) is 0.0484. The third kappa shape index (κ3) is 13.4. The molecule has 17 N–H and O–H groups in total. The highest BCUT2D eigenvalue weighted by Crippen LogP contribution is 2.39. The van der Waals surface area contributed by atoms with E-state index < -0.39 is 203 Å². The third-order valence-corrected chi connectivity index (χ3v) is 11.0. The van der Waals surface area contributed by atoms with E-state index in [0.29, 0.717) is 4.90 Å². The minimum atomic E-state index is -3.17. The Bertz CT molecular complexity index is 1980. The molecule has 388 valence electrons. The predicted octanol–water partition coefficient (Wildman–Crippen LogP) is -8.83. The number of ether oxygens (including phenoxy) is 5. The van der Waals surface area contributed by atoms with Crippen molar-refractivity contribution in [2.45, 2.75) is 111 Å². The molecule has 0 unspecified atom stereocenters. The Morgan fingerprint density at radius 1 is 0.725 bits per heavy atom. The molecule has 3 aliphatic rings. The maximum absolute atomic E-state index is 13.7. The molecule has 3 saturated heterocycles. The number of amides is 2. The van der Waals surface area contributed by atoms with Gasteiger partial charge in [-0.2, -0.15) is 0 Å². The first-order chi connectivity index (χ1) is 32.3. The zero-order chi connectivity index (χ0) is 51.8. The van der Waals surface area contributed by atoms with Gasteiger partial charge in [0.25, 0.3) is 11.7 Å². The van der Waals surface area contributed by atoms with E-state index in [1.54, 1.807) is 0 Å². The molecule has 16 atom stereocenters. The van der Waals surface area contributed by atoms with Gasteiger partial charge >= 0.3 is 29.8 Å². The van der Waals surface area contributed by atoms with Gasteiger partial charge in [0.15, 0.2) is 12.5 Å². The highest BCUT2D eigenvalue weighted by atomic mass is 16.8. The number of aliphatic hydroxyl groups is 10. The lowest BCUT2D eigenvalue weighted by atomic mass is 9.88. The van der Waals surface area contributed by atoms with Gasteiger partial charge in [-0.3, -0.25) is 28.8 Å². The van der Waals surface area contributed by atoms with Gasteiger partial charge in [-0.1, -0.05) is 0 Å². The summed E-state index contributed by atoms with van der Waals surface area (Å²) < 4.78 is 27.9. The van der Waals surface area contributed by atoms with Crippen molar-refractivity contribution in [3.8, 4) is 0 Å². The molecular weight excluding hydrogens is 944 g/mol. The van der Waals surface area contributed by atoms with E-state index in [9.17, 15) is 110 Å². The van der Waals surface area contributed by atoms with Crippen LogP contribution in [0.15, 0.2) is 18.2 Å². The van der Waals surface area contributed by atoms with Crippen LogP contribution in [0.1, 0.15) is 23.7 Å². The Morgan fingerprint density at radius 3 is 1.77 bits per heavy atom. The fraction of sp³-hybridized carbons (Fsp3) is 0.658. The number of aliphatic hydroxyl groups excluding tert-OH is 10. The molecule has 0 aliphatic carbocycles. The molecule has 3 heterocycles. The van der Waals surface area contributed by atoms with Crippen LogP contribution in [0.3, 0.4) is 0 Å². The first-order valence-corrected chi connectivity index (χ1v) is 20.5. The number of carboxylic acid groups (broad SMARTS) is 5. The molecule has 1 aromatic carbocycles. The predicted molar refractivity (Wildman–Crippen MR) is 217 cm³/mol. The molecule has 31 nitrogen and oxygen atoms in total. The molecule has 2 amide bonds. The Labute approximate surface area is 387 Å². The van der Waals surface area contributed by atoms with Crippen LogP contribution in [0.2, 0.25) is 0 Å². The second-order valence-corrected chi connectivity index (χ2v) is 16.0. The summed E-state index contributed by atoms with van der Waals surface area (Å²) in [5, 5.41) is 160. The summed E-state index contributed by atoms with van der Waals surface area (Å²) in [5.41, 5.74) is -1.25. The summed E-state index contributed by atoms with van der Waals surface area (Å²) >= 11 is 0. The average molecular weight is 999 g/mol. The summed E-state index contributed by atoms with van der Waals surface area (Å²) in [7, 11) is 0. The number of nitrogens with one attached hydrogen (secondary N) is 2. The Morgan fingerprint density at radius 2 is 1.28 bits per heavy atom. The number of aliphatic carboxylic acids is 5. The van der Waals surface area contributed by atoms with Crippen LogP contribution >= 0.6 is 0 Å². The van der Waals surface area contributed by atoms with Crippen molar-refractivity contribution in [3.05, 3.63) is 23.8 Å². The van der Waals surface area contributed by atoms with Crippen LogP contribution < -0.4 is 20.4 Å². The lowest BCUT2D eigenvalue weighted by molar-refractivity contribution is -0.381. The van der Waals surface area contributed by atoms with Gasteiger partial charge in [0, 0.05) is 18.9 Å². The summed E-state index contributed by atoms with van der Waals surface area (Å²) in [6.45, 7) is -6.45. The van der Waals surface area contributed by atoms with Crippen molar-refractivity contribution in [3.63, 3.8) is 0 Å². The second kappa shape index (κ2) is 23.9. The molecule has 0 radical (unpaired) electrons. The van der Waals surface area contributed by atoms with Crippen LogP contribution in [0.5, 0.6) is 0 Å². The first-order valence-electron chi connectivity index (χ1n) is 20.5. The topological polar surface area (TPSA) is 500 Å². The van der Waals surface area contributed by atoms with E-state index in [2.05, 4.69) is 10.6 Å². The lowest BCUT2D eigenvalue weighted by Crippen LogP contribution is -2.71. The van der Waals surface area contributed by atoms with E-state index in [1.807, 2.05) is 0 Å². The fourth-order valence-corrected chi connectivity index (χ4v) is 7.81. The molecule has 3 aliphatic heterocycles. The van der Waals surface area contributed by atoms with Crippen molar-refractivity contribution in [1.29, 1.82) is 0 Å². The molecule has 31 heteroatoms. The van der Waals surface area contributed by atoms with Crippen LogP contribution in [0, 0.1) is 0 Å². The fourth-order valence-electron chi connectivity index (χ4n) is 7.81. The van der Waals surface area contributed by atoms with Gasteiger partial charge in [0.05, 0.1) is 43.3 Å². The molecule has 0 bridgehead atoms. The van der Waals surface area contributed by atoms with Gasteiger partial charge in [0.2, 0.25) is 5.91 Å². The number of carbonyl (C=O) groups excluding carboxylic acids is 2. The summed E-state index contributed by atoms with van der Waals surface area (Å²) in [4.78, 5) is 86.6. The Hall–Kier alpha value is -5.49. The van der Waals surface area contributed by atoms with Gasteiger partial charge in [-0.25, -0.2) is 4.79 Å². The molecule has 4 rings (SSSR count). The first kappa shape index (κ1) is 56.1. The standard InChI is InChI=1S/C38H54N4O27/c1-13(46)39-25-17(47)5-38(37(63)64,68-32(25)26(57)18(48)10-43)69-33-27(58)19(11-44)66-36(30(33)61)67-31-20(12-45)65-35(29(60)28(31)59)40-34(62)14-2-3-15(41(6-21(49)50)7-22(51)52)16(4-14)42(8-23(53)54)9-24(55)56/h2-4,17-20,25-33,35-36,43-45,47-48,57-61H,5-12H2,1H3,(H,39,46)(H,40,62)(H,49,50)(H,51,52)(H,53,54)(H,55,56)(H,63,64)/t17-,18+,19+,20+,25+,26+,27-,28+,29+,30+,31+,32+,33-,35+,36-,38-/m0/s1. The third-order valence-electron chi connectivity index (χ3n) is 11.0. The van der Waals surface area contributed by atoms with Crippen molar-refractivity contribution >= 4 is 53.0 Å². The van der Waals surface area contributed by atoms with Crippen LogP contribution in [-0.2, 0) is 52.5 Å². The zero-order valence-electron chi connectivity index (χ0n) is 36.1. The number of benzene rings is 1. The van der Waals surface area contributed by atoms with E-state index in [4.69, 9.17) is 23.7 Å². The number of hydrogen-bond acceptors (Lipinski definition) is 24. The number of anilines is 2. The minimum Gasteiger partial charge on any atom is -0.480 e. The van der Waals surface area contributed by atoms with Gasteiger partial charge < -0.3 is 121 Å². The summed E-state index contributed by atoms with van der Waals surface area (Å²) in [6, 6.07) is 1.19.